The fourth-order valence-corrected chi connectivity index (χ4v) is 4.59. The third-order valence-corrected chi connectivity index (χ3v) is 6.34. The molecule has 1 N–H and O–H groups in total. The molecule has 1 unspecified atom stereocenters. The fraction of sp³-hybridized carbons (Fsp3) is 0.480. The molecule has 2 aliphatic rings. The highest BCUT2D eigenvalue weighted by Gasteiger charge is 2.25. The Labute approximate surface area is 191 Å². The van der Waals surface area contributed by atoms with Crippen molar-refractivity contribution in [1.29, 1.82) is 0 Å². The van der Waals surface area contributed by atoms with E-state index in [0.717, 1.165) is 76.4 Å². The Bertz CT molecular complexity index is 862. The highest BCUT2D eigenvalue weighted by Crippen LogP contribution is 2.28. The van der Waals surface area contributed by atoms with Crippen LogP contribution in [0, 0.1) is 0 Å². The fourth-order valence-electron chi connectivity index (χ4n) is 4.59. The molecule has 7 nitrogen and oxygen atoms in total. The molecule has 0 bridgehead atoms. The summed E-state index contributed by atoms with van der Waals surface area (Å²) in [5, 5.41) is 3.66. The van der Waals surface area contributed by atoms with Crippen LogP contribution in [-0.4, -0.2) is 88.9 Å². The van der Waals surface area contributed by atoms with Gasteiger partial charge < -0.3 is 24.6 Å². The van der Waals surface area contributed by atoms with Crippen LogP contribution in [0.25, 0.3) is 0 Å². The number of benzene rings is 2. The van der Waals surface area contributed by atoms with E-state index >= 15 is 0 Å². The lowest BCUT2D eigenvalue weighted by atomic mass is 10.0. The van der Waals surface area contributed by atoms with Gasteiger partial charge in [-0.3, -0.25) is 9.89 Å². The lowest BCUT2D eigenvalue weighted by Gasteiger charge is -2.39. The summed E-state index contributed by atoms with van der Waals surface area (Å²) >= 11 is 0. The minimum Gasteiger partial charge on any atom is -0.495 e. The zero-order valence-electron chi connectivity index (χ0n) is 19.2. The lowest BCUT2D eigenvalue weighted by molar-refractivity contribution is 0.0169. The number of morpholine rings is 1. The highest BCUT2D eigenvalue weighted by atomic mass is 16.5. The van der Waals surface area contributed by atoms with E-state index in [-0.39, 0.29) is 0 Å². The highest BCUT2D eigenvalue weighted by molar-refractivity contribution is 5.80. The Morgan fingerprint density at radius 2 is 1.66 bits per heavy atom. The average molecular weight is 438 g/mol. The second-order valence-corrected chi connectivity index (χ2v) is 8.15. The van der Waals surface area contributed by atoms with Crippen LogP contribution >= 0.6 is 0 Å². The smallest absolute Gasteiger partial charge is 0.193 e. The number of methoxy groups -OCH3 is 1. The third-order valence-electron chi connectivity index (χ3n) is 6.34. The Balaban J connectivity index is 1.37. The molecule has 2 heterocycles. The van der Waals surface area contributed by atoms with Gasteiger partial charge in [-0.1, -0.05) is 42.5 Å². The number of aliphatic imine (C=N–C) groups is 1. The number of guanidine groups is 1. The Morgan fingerprint density at radius 3 is 2.34 bits per heavy atom. The van der Waals surface area contributed by atoms with Crippen molar-refractivity contribution in [1.82, 2.24) is 15.1 Å². The van der Waals surface area contributed by atoms with E-state index in [1.54, 1.807) is 7.11 Å². The molecule has 0 radical (unpaired) electrons. The van der Waals surface area contributed by atoms with E-state index in [1.165, 1.54) is 5.56 Å². The molecular formula is C25H35N5O2. The monoisotopic (exact) mass is 437 g/mol. The van der Waals surface area contributed by atoms with Crippen molar-refractivity contribution >= 4 is 11.6 Å². The molecule has 1 atom stereocenters. The molecule has 32 heavy (non-hydrogen) atoms. The van der Waals surface area contributed by atoms with Crippen molar-refractivity contribution in [3.63, 3.8) is 0 Å². The zero-order valence-corrected chi connectivity index (χ0v) is 19.2. The number of anilines is 1. The molecule has 0 saturated carbocycles. The molecule has 0 aromatic heterocycles. The van der Waals surface area contributed by atoms with Crippen molar-refractivity contribution in [3.8, 4) is 5.75 Å². The summed E-state index contributed by atoms with van der Waals surface area (Å²) in [6.45, 7) is 8.04. The van der Waals surface area contributed by atoms with E-state index < -0.39 is 0 Å². The predicted octanol–water partition coefficient (Wildman–Crippen LogP) is 2.47. The molecule has 2 aliphatic heterocycles. The number of hydrogen-bond donors (Lipinski definition) is 1. The number of nitrogens with one attached hydrogen (secondary N) is 1. The van der Waals surface area contributed by atoms with E-state index in [0.29, 0.717) is 6.04 Å². The maximum Gasteiger partial charge on any atom is 0.193 e. The van der Waals surface area contributed by atoms with Crippen molar-refractivity contribution in [3.05, 3.63) is 60.2 Å². The van der Waals surface area contributed by atoms with Crippen LogP contribution in [0.4, 0.5) is 5.69 Å². The number of rotatable bonds is 6. The summed E-state index contributed by atoms with van der Waals surface area (Å²) in [6, 6.07) is 19.3. The lowest BCUT2D eigenvalue weighted by Crippen LogP contribution is -2.54. The second kappa shape index (κ2) is 11.2. The molecule has 4 rings (SSSR count). The largest absolute Gasteiger partial charge is 0.495 e. The van der Waals surface area contributed by atoms with Gasteiger partial charge in [-0.05, 0) is 17.7 Å². The summed E-state index contributed by atoms with van der Waals surface area (Å²) in [5.74, 6) is 1.90. The molecule has 0 amide bonds. The normalized spacial score (nSPS) is 19.0. The van der Waals surface area contributed by atoms with Crippen LogP contribution in [0.15, 0.2) is 59.6 Å². The van der Waals surface area contributed by atoms with E-state index in [9.17, 15) is 0 Å². The van der Waals surface area contributed by atoms with E-state index in [2.05, 4.69) is 67.5 Å². The topological polar surface area (TPSA) is 52.6 Å². The molecule has 0 spiro atoms. The second-order valence-electron chi connectivity index (χ2n) is 8.15. The van der Waals surface area contributed by atoms with E-state index in [1.807, 2.05) is 19.2 Å². The van der Waals surface area contributed by atoms with Crippen LogP contribution in [0.1, 0.15) is 11.6 Å². The molecule has 2 aromatic carbocycles. The predicted molar refractivity (Wildman–Crippen MR) is 130 cm³/mol. The van der Waals surface area contributed by atoms with Gasteiger partial charge in [0.25, 0.3) is 0 Å². The van der Waals surface area contributed by atoms with Gasteiger partial charge in [0.1, 0.15) is 5.75 Å². The van der Waals surface area contributed by atoms with Crippen molar-refractivity contribution < 1.29 is 9.47 Å². The molecular weight excluding hydrogens is 402 g/mol. The van der Waals surface area contributed by atoms with Gasteiger partial charge in [-0.2, -0.15) is 0 Å². The van der Waals surface area contributed by atoms with Crippen LogP contribution in [-0.2, 0) is 4.74 Å². The number of nitrogens with zero attached hydrogens (tertiary/aromatic N) is 4. The van der Waals surface area contributed by atoms with Crippen molar-refractivity contribution in [2.45, 2.75) is 6.04 Å². The van der Waals surface area contributed by atoms with Crippen LogP contribution < -0.4 is 15.0 Å². The SMILES string of the molecule is CN=C(NCC(c1ccccc1)N1CCOCC1)N1CCN(c2ccccc2OC)CC1. The van der Waals surface area contributed by atoms with Gasteiger partial charge in [-0.25, -0.2) is 0 Å². The summed E-state index contributed by atoms with van der Waals surface area (Å²) in [4.78, 5) is 11.9. The minimum atomic E-state index is 0.298. The molecule has 0 aliphatic carbocycles. The number of ether oxygens (including phenoxy) is 2. The van der Waals surface area contributed by atoms with Gasteiger partial charge >= 0.3 is 0 Å². The first-order valence-electron chi connectivity index (χ1n) is 11.5. The van der Waals surface area contributed by atoms with Gasteiger partial charge in [0.05, 0.1) is 32.1 Å². The molecule has 7 heteroatoms. The summed E-state index contributed by atoms with van der Waals surface area (Å²) in [5.41, 5.74) is 2.49. The molecule has 172 valence electrons. The Kier molecular flexibility index (Phi) is 7.85. The minimum absolute atomic E-state index is 0.298. The van der Waals surface area contributed by atoms with Crippen LogP contribution in [0.5, 0.6) is 5.75 Å². The maximum absolute atomic E-state index is 5.58. The Morgan fingerprint density at radius 1 is 0.969 bits per heavy atom. The van der Waals surface area contributed by atoms with Crippen LogP contribution in [0.2, 0.25) is 0 Å². The van der Waals surface area contributed by atoms with Crippen molar-refractivity contribution in [2.75, 3.05) is 78.1 Å². The van der Waals surface area contributed by atoms with Gasteiger partial charge in [0.2, 0.25) is 0 Å². The van der Waals surface area contributed by atoms with Gasteiger partial charge in [0.15, 0.2) is 5.96 Å². The van der Waals surface area contributed by atoms with E-state index in [4.69, 9.17) is 9.47 Å². The summed E-state index contributed by atoms with van der Waals surface area (Å²) < 4.78 is 11.1. The average Bonchev–Trinajstić information content (AvgIpc) is 2.88. The summed E-state index contributed by atoms with van der Waals surface area (Å²) in [6.07, 6.45) is 0. The zero-order chi connectivity index (χ0) is 22.2. The maximum atomic E-state index is 5.58. The van der Waals surface area contributed by atoms with Crippen molar-refractivity contribution in [2.24, 2.45) is 4.99 Å². The quantitative estimate of drug-likeness (QED) is 0.554. The van der Waals surface area contributed by atoms with Gasteiger partial charge in [0, 0.05) is 52.9 Å². The van der Waals surface area contributed by atoms with Gasteiger partial charge in [-0.15, -0.1) is 0 Å². The first kappa shape index (κ1) is 22.4. The van der Waals surface area contributed by atoms with Crippen LogP contribution in [0.3, 0.4) is 0 Å². The standard InChI is InChI=1S/C25H35N5O2/c1-26-25(30-14-12-28(13-15-30)22-10-6-7-11-24(22)31-2)27-20-23(21-8-4-3-5-9-21)29-16-18-32-19-17-29/h3-11,23H,12-20H2,1-2H3,(H,26,27). The summed E-state index contributed by atoms with van der Waals surface area (Å²) in [7, 11) is 3.61. The molecule has 2 fully saturated rings. The number of piperazine rings is 1. The third kappa shape index (κ3) is 5.34. The first-order chi connectivity index (χ1) is 15.8. The molecule has 2 saturated heterocycles. The number of para-hydroxylation sites is 2. The molecule has 2 aromatic rings. The first-order valence-corrected chi connectivity index (χ1v) is 11.5. The Hall–Kier alpha value is -2.77. The number of hydrogen-bond acceptors (Lipinski definition) is 5.